The van der Waals surface area contributed by atoms with Gasteiger partial charge in [-0.05, 0) is 48.9 Å². The number of nitriles is 1. The van der Waals surface area contributed by atoms with Crippen LogP contribution in [0.1, 0.15) is 18.1 Å². The molecule has 0 aromatic heterocycles. The molecule has 0 saturated carbocycles. The molecule has 0 bridgehead atoms. The topological polar surface area (TPSA) is 100 Å². The van der Waals surface area contributed by atoms with E-state index in [1.54, 1.807) is 31.2 Å². The third-order valence-electron chi connectivity index (χ3n) is 3.14. The van der Waals surface area contributed by atoms with E-state index in [9.17, 15) is 4.79 Å². The third kappa shape index (κ3) is 4.64. The van der Waals surface area contributed by atoms with Gasteiger partial charge in [-0.15, -0.1) is 0 Å². The number of ether oxygens (including phenoxy) is 1. The Labute approximate surface area is 134 Å². The van der Waals surface area contributed by atoms with E-state index >= 15 is 0 Å². The van der Waals surface area contributed by atoms with Crippen LogP contribution in [-0.4, -0.2) is 12.7 Å². The number of nitrogens with zero attached hydrogens (tertiary/aromatic N) is 1. The van der Waals surface area contributed by atoms with Crippen molar-refractivity contribution in [3.05, 3.63) is 53.6 Å². The number of benzene rings is 2. The summed E-state index contributed by atoms with van der Waals surface area (Å²) >= 11 is 0. The van der Waals surface area contributed by atoms with Crippen molar-refractivity contribution < 1.29 is 9.53 Å². The summed E-state index contributed by atoms with van der Waals surface area (Å²) in [6.07, 6.45) is -0.525. The van der Waals surface area contributed by atoms with Crippen LogP contribution >= 0.6 is 0 Å². The van der Waals surface area contributed by atoms with Crippen LogP contribution in [0.25, 0.3) is 0 Å². The van der Waals surface area contributed by atoms with E-state index in [0.29, 0.717) is 30.1 Å². The molecule has 6 nitrogen and oxygen atoms in total. The van der Waals surface area contributed by atoms with E-state index < -0.39 is 6.09 Å². The Morgan fingerprint density at radius 3 is 2.61 bits per heavy atom. The van der Waals surface area contributed by atoms with E-state index in [1.165, 1.54) is 0 Å². The number of carbonyl (C=O) groups is 1. The number of carbonyl (C=O) groups excluding carboxylic acids is 1. The summed E-state index contributed by atoms with van der Waals surface area (Å²) in [5, 5.41) is 14.6. The van der Waals surface area contributed by atoms with Crippen LogP contribution < -0.4 is 16.4 Å². The van der Waals surface area contributed by atoms with E-state index in [2.05, 4.69) is 16.7 Å². The number of nitrogens with one attached hydrogen (secondary N) is 2. The number of hydrogen-bond acceptors (Lipinski definition) is 5. The van der Waals surface area contributed by atoms with Gasteiger partial charge in [0.05, 0.1) is 29.6 Å². The molecular formula is C17H18N4O2. The maximum absolute atomic E-state index is 11.4. The largest absolute Gasteiger partial charge is 0.450 e. The molecule has 0 aliphatic heterocycles. The minimum atomic E-state index is -0.525. The zero-order valence-electron chi connectivity index (χ0n) is 12.8. The van der Waals surface area contributed by atoms with Gasteiger partial charge in [0.15, 0.2) is 0 Å². The number of nitrogens with two attached hydrogens (primary N) is 1. The lowest BCUT2D eigenvalue weighted by Crippen LogP contribution is -2.14. The molecule has 1 amide bonds. The lowest BCUT2D eigenvalue weighted by atomic mass is 10.1. The standard InChI is InChI=1S/C17H18N4O2/c1-2-23-17(22)21-16-8-5-13(9-15(16)19)11-20-14-6-3-12(10-18)4-7-14/h3-9,20H,2,11,19H2,1H3,(H,21,22). The zero-order chi connectivity index (χ0) is 16.7. The van der Waals surface area contributed by atoms with Crippen LogP contribution in [0, 0.1) is 11.3 Å². The lowest BCUT2D eigenvalue weighted by molar-refractivity contribution is 0.168. The van der Waals surface area contributed by atoms with Gasteiger partial charge >= 0.3 is 6.09 Å². The highest BCUT2D eigenvalue weighted by Gasteiger charge is 2.06. The Balaban J connectivity index is 1.97. The molecule has 0 atom stereocenters. The molecule has 0 unspecified atom stereocenters. The van der Waals surface area contributed by atoms with Gasteiger partial charge in [0.25, 0.3) is 0 Å². The van der Waals surface area contributed by atoms with Gasteiger partial charge < -0.3 is 15.8 Å². The summed E-state index contributed by atoms with van der Waals surface area (Å²) in [7, 11) is 0. The minimum absolute atomic E-state index is 0.304. The molecule has 0 heterocycles. The molecule has 4 N–H and O–H groups in total. The Bertz CT molecular complexity index is 720. The van der Waals surface area contributed by atoms with Crippen molar-refractivity contribution in [1.29, 1.82) is 5.26 Å². The number of rotatable bonds is 5. The van der Waals surface area contributed by atoms with Crippen molar-refractivity contribution in [2.24, 2.45) is 0 Å². The fourth-order valence-electron chi connectivity index (χ4n) is 1.98. The second-order valence-corrected chi connectivity index (χ2v) is 4.81. The molecule has 0 fully saturated rings. The molecule has 2 aromatic rings. The Hall–Kier alpha value is -3.20. The lowest BCUT2D eigenvalue weighted by Gasteiger charge is -2.11. The Morgan fingerprint density at radius 2 is 2.00 bits per heavy atom. The van der Waals surface area contributed by atoms with Crippen LogP contribution in [0.2, 0.25) is 0 Å². The first-order chi connectivity index (χ1) is 11.1. The van der Waals surface area contributed by atoms with Crippen LogP contribution in [-0.2, 0) is 11.3 Å². The van der Waals surface area contributed by atoms with Crippen molar-refractivity contribution in [2.45, 2.75) is 13.5 Å². The van der Waals surface area contributed by atoms with Crippen molar-refractivity contribution in [2.75, 3.05) is 23.0 Å². The summed E-state index contributed by atoms with van der Waals surface area (Å²) in [5.74, 6) is 0. The van der Waals surface area contributed by atoms with Crippen LogP contribution in [0.5, 0.6) is 0 Å². The van der Waals surface area contributed by atoms with Gasteiger partial charge in [-0.3, -0.25) is 5.32 Å². The van der Waals surface area contributed by atoms with Crippen LogP contribution in [0.4, 0.5) is 21.9 Å². The highest BCUT2D eigenvalue weighted by Crippen LogP contribution is 2.21. The first kappa shape index (κ1) is 16.2. The van der Waals surface area contributed by atoms with E-state index in [1.807, 2.05) is 18.2 Å². The predicted molar refractivity (Wildman–Crippen MR) is 90.0 cm³/mol. The average molecular weight is 310 g/mol. The van der Waals surface area contributed by atoms with Gasteiger partial charge in [0.2, 0.25) is 0 Å². The fourth-order valence-corrected chi connectivity index (χ4v) is 1.98. The summed E-state index contributed by atoms with van der Waals surface area (Å²) in [5.41, 5.74) is 9.43. The van der Waals surface area contributed by atoms with Crippen molar-refractivity contribution in [1.82, 2.24) is 0 Å². The average Bonchev–Trinajstić information content (AvgIpc) is 2.56. The monoisotopic (exact) mass is 310 g/mol. The summed E-state index contributed by atoms with van der Waals surface area (Å²) < 4.78 is 4.81. The SMILES string of the molecule is CCOC(=O)Nc1ccc(CNc2ccc(C#N)cc2)cc1N. The van der Waals surface area contributed by atoms with Crippen LogP contribution in [0.15, 0.2) is 42.5 Å². The molecule has 0 aliphatic rings. The molecule has 0 radical (unpaired) electrons. The molecule has 0 aliphatic carbocycles. The molecule has 118 valence electrons. The van der Waals surface area contributed by atoms with Crippen molar-refractivity contribution in [3.8, 4) is 6.07 Å². The molecule has 2 aromatic carbocycles. The molecule has 0 spiro atoms. The number of anilines is 3. The van der Waals surface area contributed by atoms with Crippen LogP contribution in [0.3, 0.4) is 0 Å². The first-order valence-corrected chi connectivity index (χ1v) is 7.18. The van der Waals surface area contributed by atoms with E-state index in [0.717, 1.165) is 11.3 Å². The number of nitrogen functional groups attached to an aromatic ring is 1. The minimum Gasteiger partial charge on any atom is -0.450 e. The fraction of sp³-hybridized carbons (Fsp3) is 0.176. The first-order valence-electron chi connectivity index (χ1n) is 7.18. The summed E-state index contributed by atoms with van der Waals surface area (Å²) in [4.78, 5) is 11.4. The maximum Gasteiger partial charge on any atom is 0.411 e. The molecule has 0 saturated heterocycles. The molecule has 6 heteroatoms. The van der Waals surface area contributed by atoms with E-state index in [4.69, 9.17) is 15.7 Å². The van der Waals surface area contributed by atoms with Crippen molar-refractivity contribution in [3.63, 3.8) is 0 Å². The van der Waals surface area contributed by atoms with Crippen molar-refractivity contribution >= 4 is 23.2 Å². The highest BCUT2D eigenvalue weighted by molar-refractivity contribution is 5.89. The predicted octanol–water partition coefficient (Wildman–Crippen LogP) is 3.32. The zero-order valence-corrected chi connectivity index (χ0v) is 12.8. The molecular weight excluding hydrogens is 292 g/mol. The van der Waals surface area contributed by atoms with Gasteiger partial charge in [0, 0.05) is 12.2 Å². The Morgan fingerprint density at radius 1 is 1.26 bits per heavy atom. The smallest absolute Gasteiger partial charge is 0.411 e. The summed E-state index contributed by atoms with van der Waals surface area (Å²) in [6, 6.07) is 14.7. The normalized spacial score (nSPS) is 9.74. The Kier molecular flexibility index (Phi) is 5.42. The third-order valence-corrected chi connectivity index (χ3v) is 3.14. The van der Waals surface area contributed by atoms with E-state index in [-0.39, 0.29) is 0 Å². The molecule has 2 rings (SSSR count). The molecule has 23 heavy (non-hydrogen) atoms. The van der Waals surface area contributed by atoms with Gasteiger partial charge in [-0.25, -0.2) is 4.79 Å². The number of hydrogen-bond donors (Lipinski definition) is 3. The summed E-state index contributed by atoms with van der Waals surface area (Å²) in [6.45, 7) is 2.62. The van der Waals surface area contributed by atoms with Gasteiger partial charge in [0.1, 0.15) is 0 Å². The van der Waals surface area contributed by atoms with Gasteiger partial charge in [-0.2, -0.15) is 5.26 Å². The van der Waals surface area contributed by atoms with Gasteiger partial charge in [-0.1, -0.05) is 6.07 Å². The number of amides is 1. The second kappa shape index (κ2) is 7.71. The highest BCUT2D eigenvalue weighted by atomic mass is 16.5. The second-order valence-electron chi connectivity index (χ2n) is 4.81. The maximum atomic E-state index is 11.4. The quantitative estimate of drug-likeness (QED) is 0.735.